The Labute approximate surface area is 253 Å². The lowest BCUT2D eigenvalue weighted by Crippen LogP contribution is -2.17. The van der Waals surface area contributed by atoms with E-state index in [1.54, 1.807) is 0 Å². The summed E-state index contributed by atoms with van der Waals surface area (Å²) in [6.45, 7) is 25.0. The molecule has 3 aromatic heterocycles. The van der Waals surface area contributed by atoms with Crippen molar-refractivity contribution in [2.45, 2.75) is 92.4 Å². The molecule has 0 aliphatic rings. The fourth-order valence-electron chi connectivity index (χ4n) is 7.81. The van der Waals surface area contributed by atoms with Gasteiger partial charge >= 0.3 is 0 Å². The normalized spacial score (nSPS) is 14.0. The lowest BCUT2D eigenvalue weighted by atomic mass is 9.79. The molecule has 8 rings (SSSR count). The van der Waals surface area contributed by atoms with Crippen LogP contribution in [0.4, 0.5) is 0 Å². The third-order valence-electron chi connectivity index (χ3n) is 10.2. The van der Waals surface area contributed by atoms with Gasteiger partial charge in [-0.1, -0.05) is 86.6 Å². The molecule has 0 aliphatic heterocycles. The molecule has 0 atom stereocenters. The summed E-state index contributed by atoms with van der Waals surface area (Å²) in [4.78, 5) is 14.7. The van der Waals surface area contributed by atoms with Crippen molar-refractivity contribution in [3.05, 3.63) is 86.6 Å². The fourth-order valence-corrected chi connectivity index (χ4v) is 7.81. The van der Waals surface area contributed by atoms with Gasteiger partial charge in [-0.2, -0.15) is 0 Å². The van der Waals surface area contributed by atoms with Gasteiger partial charge in [-0.15, -0.1) is 0 Å². The van der Waals surface area contributed by atoms with Crippen LogP contribution in [0.2, 0.25) is 0 Å². The summed E-state index contributed by atoms with van der Waals surface area (Å²) in [5.41, 5.74) is 9.62. The van der Waals surface area contributed by atoms with E-state index in [9.17, 15) is 4.79 Å². The number of aryl methyl sites for hydroxylation is 2. The van der Waals surface area contributed by atoms with E-state index >= 15 is 0 Å². The second kappa shape index (κ2) is 7.78. The van der Waals surface area contributed by atoms with Crippen molar-refractivity contribution in [1.29, 1.82) is 0 Å². The highest BCUT2D eigenvalue weighted by Gasteiger charge is 2.29. The van der Waals surface area contributed by atoms with Gasteiger partial charge in [0.15, 0.2) is 5.43 Å². The minimum Gasteiger partial charge on any atom is -0.306 e. The molecule has 0 aliphatic carbocycles. The average molecular weight is 564 g/mol. The van der Waals surface area contributed by atoms with Crippen LogP contribution in [0.3, 0.4) is 0 Å². The van der Waals surface area contributed by atoms with E-state index < -0.39 is 0 Å². The first-order valence-electron chi connectivity index (χ1n) is 15.7. The van der Waals surface area contributed by atoms with Crippen LogP contribution >= 0.6 is 0 Å². The topological polar surface area (TPSA) is 21.5 Å². The molecule has 0 fully saturated rings. The highest BCUT2D eigenvalue weighted by Crippen LogP contribution is 2.48. The summed E-state index contributed by atoms with van der Waals surface area (Å²) in [5.74, 6) is 0. The number of fused-ring (bicyclic) bond motifs is 2. The predicted molar refractivity (Wildman–Crippen MR) is 188 cm³/mol. The van der Waals surface area contributed by atoms with E-state index in [2.05, 4.69) is 129 Å². The zero-order chi connectivity index (χ0) is 30.7. The van der Waals surface area contributed by atoms with Gasteiger partial charge in [0.1, 0.15) is 0 Å². The summed E-state index contributed by atoms with van der Waals surface area (Å²) in [5, 5.41) is 11.7. The zero-order valence-electron chi connectivity index (χ0n) is 27.5. The van der Waals surface area contributed by atoms with Gasteiger partial charge < -0.3 is 4.40 Å². The van der Waals surface area contributed by atoms with Crippen LogP contribution in [0.15, 0.2) is 53.3 Å². The highest BCUT2D eigenvalue weighted by molar-refractivity contribution is 6.34. The molecule has 0 spiro atoms. The van der Waals surface area contributed by atoms with Gasteiger partial charge in [-0.3, -0.25) is 4.79 Å². The Morgan fingerprint density at radius 3 is 1.16 bits per heavy atom. The summed E-state index contributed by atoms with van der Waals surface area (Å²) >= 11 is 0. The molecule has 43 heavy (non-hydrogen) atoms. The van der Waals surface area contributed by atoms with Crippen LogP contribution < -0.4 is 5.43 Å². The Bertz CT molecular complexity index is 2360. The molecule has 2 heteroatoms. The van der Waals surface area contributed by atoms with E-state index in [-0.39, 0.29) is 21.7 Å². The standard InChI is InChI=1S/C41H41NO/c1-20-12-22-14-24(39(3,4)5)16-27-29-18-26(41(9,10)11)19-30-28-17-25(40(6,7)8)15-23-13-21(2)32-37(34(23)28)42(35(29)30)36(33(22)27)31(20)38(32)43/h12-19H,1-11H3. The molecular formula is C41H41NO. The number of hydrogen-bond donors (Lipinski definition) is 0. The summed E-state index contributed by atoms with van der Waals surface area (Å²) in [6.07, 6.45) is 0. The van der Waals surface area contributed by atoms with Gasteiger partial charge in [0.05, 0.1) is 27.3 Å². The van der Waals surface area contributed by atoms with Crippen LogP contribution in [-0.2, 0) is 16.2 Å². The smallest absolute Gasteiger partial charge is 0.197 e. The molecule has 0 amide bonds. The molecule has 216 valence electrons. The van der Waals surface area contributed by atoms with Gasteiger partial charge in [-0.25, -0.2) is 0 Å². The molecule has 5 aromatic carbocycles. The molecule has 0 unspecified atom stereocenters. The summed E-state index contributed by atoms with van der Waals surface area (Å²) in [6, 6.07) is 19.0. The second-order valence-corrected chi connectivity index (χ2v) is 16.4. The van der Waals surface area contributed by atoms with Crippen molar-refractivity contribution >= 4 is 70.4 Å². The summed E-state index contributed by atoms with van der Waals surface area (Å²) in [7, 11) is 0. The fraction of sp³-hybridized carbons (Fsp3) is 0.341. The minimum absolute atomic E-state index is 0.00671. The monoisotopic (exact) mass is 563 g/mol. The van der Waals surface area contributed by atoms with Crippen molar-refractivity contribution < 1.29 is 0 Å². The first-order chi connectivity index (χ1) is 20.0. The molecule has 2 nitrogen and oxygen atoms in total. The SMILES string of the molecule is Cc1cc2cc(C(C)(C)C)cc3c4cc(C(C)(C)C)cc5c6cc(C(C)(C)C)cc7cc(C)c8c(=O)c1c(c23)n(c45)c8c76. The van der Waals surface area contributed by atoms with Crippen molar-refractivity contribution in [3.63, 3.8) is 0 Å². The first kappa shape index (κ1) is 26.7. The van der Waals surface area contributed by atoms with E-state index in [0.29, 0.717) is 0 Å². The van der Waals surface area contributed by atoms with E-state index in [1.807, 2.05) is 0 Å². The Morgan fingerprint density at radius 1 is 0.442 bits per heavy atom. The third-order valence-corrected chi connectivity index (χ3v) is 10.2. The number of aromatic nitrogens is 1. The Morgan fingerprint density at radius 2 is 0.791 bits per heavy atom. The van der Waals surface area contributed by atoms with E-state index in [4.69, 9.17) is 0 Å². The quantitative estimate of drug-likeness (QED) is 0.133. The van der Waals surface area contributed by atoms with E-state index in [1.165, 1.54) is 65.3 Å². The maximum absolute atomic E-state index is 14.7. The van der Waals surface area contributed by atoms with E-state index in [0.717, 1.165) is 32.9 Å². The molecule has 0 radical (unpaired) electrons. The molecule has 0 bridgehead atoms. The Hall–Kier alpha value is -3.91. The van der Waals surface area contributed by atoms with Crippen molar-refractivity contribution in [2.24, 2.45) is 0 Å². The van der Waals surface area contributed by atoms with Gasteiger partial charge in [0.2, 0.25) is 0 Å². The Balaban J connectivity index is 1.84. The number of nitrogens with zero attached hydrogens (tertiary/aromatic N) is 1. The first-order valence-corrected chi connectivity index (χ1v) is 15.7. The second-order valence-electron chi connectivity index (χ2n) is 16.4. The van der Waals surface area contributed by atoms with Crippen LogP contribution in [0.25, 0.3) is 70.4 Å². The van der Waals surface area contributed by atoms with Crippen LogP contribution in [0.5, 0.6) is 0 Å². The number of hydrogen-bond acceptors (Lipinski definition) is 1. The summed E-state index contributed by atoms with van der Waals surface area (Å²) < 4.78 is 2.50. The molecule has 0 saturated carbocycles. The average Bonchev–Trinajstić information content (AvgIpc) is 2.89. The Kier molecular flexibility index (Phi) is 4.83. The number of rotatable bonds is 0. The highest BCUT2D eigenvalue weighted by atomic mass is 16.1. The zero-order valence-corrected chi connectivity index (χ0v) is 27.5. The minimum atomic E-state index is -0.0255. The molecule has 0 saturated heterocycles. The maximum Gasteiger partial charge on any atom is 0.197 e. The van der Waals surface area contributed by atoms with Crippen LogP contribution in [-0.4, -0.2) is 4.40 Å². The largest absolute Gasteiger partial charge is 0.306 e. The lowest BCUT2D eigenvalue weighted by Gasteiger charge is -2.29. The number of pyridine rings is 3. The predicted octanol–water partition coefficient (Wildman–Crippen LogP) is 11.0. The van der Waals surface area contributed by atoms with Gasteiger partial charge in [0, 0.05) is 21.5 Å². The number of benzene rings is 5. The molecule has 3 heterocycles. The van der Waals surface area contributed by atoms with Crippen molar-refractivity contribution in [2.75, 3.05) is 0 Å². The van der Waals surface area contributed by atoms with Crippen molar-refractivity contribution in [1.82, 2.24) is 4.40 Å². The molecule has 0 N–H and O–H groups in total. The van der Waals surface area contributed by atoms with Gasteiger partial charge in [0.25, 0.3) is 0 Å². The lowest BCUT2D eigenvalue weighted by molar-refractivity contribution is 0.591. The van der Waals surface area contributed by atoms with Crippen LogP contribution in [0, 0.1) is 13.8 Å². The molecular weight excluding hydrogens is 522 g/mol. The van der Waals surface area contributed by atoms with Crippen LogP contribution in [0.1, 0.15) is 90.1 Å². The molecule has 8 aromatic rings. The third kappa shape index (κ3) is 3.33. The maximum atomic E-state index is 14.7. The van der Waals surface area contributed by atoms with Gasteiger partial charge in [-0.05, 0) is 104 Å². The van der Waals surface area contributed by atoms with Crippen molar-refractivity contribution in [3.8, 4) is 0 Å².